The average molecular weight is 521 g/mol. The number of aliphatic carboxylic acids is 1. The zero-order chi connectivity index (χ0) is 24.9. The highest BCUT2D eigenvalue weighted by atomic mass is 35.5. The summed E-state index contributed by atoms with van der Waals surface area (Å²) in [5.41, 5.74) is 8.39. The first-order valence-electron chi connectivity index (χ1n) is 11.9. The Morgan fingerprint density at radius 3 is 2.71 bits per heavy atom. The maximum Gasteiger partial charge on any atom is 0.326 e. The first kappa shape index (κ1) is 25.5. The van der Waals surface area contributed by atoms with Gasteiger partial charge in [-0.05, 0) is 68.2 Å². The van der Waals surface area contributed by atoms with Gasteiger partial charge in [0.05, 0.1) is 21.7 Å². The van der Waals surface area contributed by atoms with Crippen LogP contribution in [0.25, 0.3) is 0 Å². The zero-order valence-corrected chi connectivity index (χ0v) is 20.9. The number of hydrogen-bond donors (Lipinski definition) is 4. The molecule has 1 amide bonds. The van der Waals surface area contributed by atoms with Gasteiger partial charge in [0.2, 0.25) is 0 Å². The van der Waals surface area contributed by atoms with E-state index in [0.717, 1.165) is 56.6 Å². The minimum absolute atomic E-state index is 0.000680. The summed E-state index contributed by atoms with van der Waals surface area (Å²) in [7, 11) is 0. The number of carbonyl (C=O) groups is 2. The Balaban J connectivity index is 1.18. The number of amides is 1. The molecule has 35 heavy (non-hydrogen) atoms. The van der Waals surface area contributed by atoms with Crippen LogP contribution in [-0.2, 0) is 22.4 Å². The molecular weight excluding hydrogens is 491 g/mol. The molecule has 2 heterocycles. The standard InChI is InChI=1S/C25H30Cl2N4O4/c26-19-12-16(28)13-20(27)22(19)24(32)31-21(25(33)34)7-9-35-18-10-14(11-18)3-5-17-6-4-15-2-1-8-29-23(15)30-17/h4,6,12-14,18,21H,1-3,5,7-11,28H2,(H,29,30)(H,31,32)(H,33,34)/t14-,18+,21-/m0/s1. The number of hydrogen-bond acceptors (Lipinski definition) is 6. The molecule has 1 aliphatic heterocycles. The van der Waals surface area contributed by atoms with E-state index in [0.29, 0.717) is 11.6 Å². The van der Waals surface area contributed by atoms with Crippen LogP contribution in [0.15, 0.2) is 24.3 Å². The summed E-state index contributed by atoms with van der Waals surface area (Å²) in [6.45, 7) is 1.22. The maximum absolute atomic E-state index is 12.6. The van der Waals surface area contributed by atoms with Gasteiger partial charge in [0, 0.05) is 31.0 Å². The van der Waals surface area contributed by atoms with Gasteiger partial charge in [-0.15, -0.1) is 0 Å². The number of rotatable bonds is 10. The van der Waals surface area contributed by atoms with Gasteiger partial charge in [-0.1, -0.05) is 29.3 Å². The number of aromatic nitrogens is 1. The van der Waals surface area contributed by atoms with E-state index in [1.54, 1.807) is 0 Å². The number of pyridine rings is 1. The van der Waals surface area contributed by atoms with Crippen molar-refractivity contribution in [3.63, 3.8) is 0 Å². The van der Waals surface area contributed by atoms with Crippen molar-refractivity contribution >= 4 is 46.6 Å². The smallest absolute Gasteiger partial charge is 0.326 e. The van der Waals surface area contributed by atoms with Crippen molar-refractivity contribution < 1.29 is 19.4 Å². The van der Waals surface area contributed by atoms with E-state index in [-0.39, 0.29) is 34.7 Å². The Morgan fingerprint density at radius 2 is 2.00 bits per heavy atom. The number of nitrogens with two attached hydrogens (primary N) is 1. The van der Waals surface area contributed by atoms with Crippen LogP contribution >= 0.6 is 23.2 Å². The summed E-state index contributed by atoms with van der Waals surface area (Å²) in [5, 5.41) is 15.5. The third-order valence-electron chi connectivity index (χ3n) is 6.61. The number of halogens is 2. The van der Waals surface area contributed by atoms with E-state index >= 15 is 0 Å². The van der Waals surface area contributed by atoms with Crippen molar-refractivity contribution in [2.45, 2.75) is 57.1 Å². The molecule has 0 spiro atoms. The SMILES string of the molecule is Nc1cc(Cl)c(C(=O)N[C@@H](CCO[C@H]2C[C@@H](CCc3ccc4c(n3)NCCC4)C2)C(=O)O)c(Cl)c1. The van der Waals surface area contributed by atoms with Crippen molar-refractivity contribution in [2.75, 3.05) is 24.2 Å². The molecule has 0 unspecified atom stereocenters. The second-order valence-electron chi connectivity index (χ2n) is 9.22. The molecule has 1 fully saturated rings. The Hall–Kier alpha value is -2.55. The van der Waals surface area contributed by atoms with E-state index in [2.05, 4.69) is 22.8 Å². The Labute approximate surface area is 214 Å². The van der Waals surface area contributed by atoms with E-state index in [1.807, 2.05) is 0 Å². The summed E-state index contributed by atoms with van der Waals surface area (Å²) in [5.74, 6) is -0.203. The first-order chi connectivity index (χ1) is 16.8. The van der Waals surface area contributed by atoms with Gasteiger partial charge in [-0.3, -0.25) is 4.79 Å². The highest BCUT2D eigenvalue weighted by Crippen LogP contribution is 2.34. The van der Waals surface area contributed by atoms with Gasteiger partial charge in [0.25, 0.3) is 5.91 Å². The summed E-state index contributed by atoms with van der Waals surface area (Å²) in [6.07, 6.45) is 6.39. The van der Waals surface area contributed by atoms with Gasteiger partial charge < -0.3 is 26.2 Å². The lowest BCUT2D eigenvalue weighted by Gasteiger charge is -2.35. The Bertz CT molecular complexity index is 1070. The number of benzene rings is 1. The lowest BCUT2D eigenvalue weighted by molar-refractivity contribution is -0.140. The van der Waals surface area contributed by atoms with Crippen molar-refractivity contribution in [2.24, 2.45) is 5.92 Å². The number of nitrogen functional groups attached to an aromatic ring is 1. The summed E-state index contributed by atoms with van der Waals surface area (Å²) in [4.78, 5) is 29.0. The number of aryl methyl sites for hydroxylation is 2. The fourth-order valence-electron chi connectivity index (χ4n) is 4.56. The monoisotopic (exact) mass is 520 g/mol. The molecule has 0 radical (unpaired) electrons. The molecule has 188 valence electrons. The number of carboxylic acid groups (broad SMARTS) is 1. The molecule has 10 heteroatoms. The lowest BCUT2D eigenvalue weighted by Crippen LogP contribution is -2.42. The number of fused-ring (bicyclic) bond motifs is 1. The number of nitrogens with one attached hydrogen (secondary N) is 2. The summed E-state index contributed by atoms with van der Waals surface area (Å²) >= 11 is 12.1. The van der Waals surface area contributed by atoms with Crippen LogP contribution < -0.4 is 16.4 Å². The van der Waals surface area contributed by atoms with Crippen LogP contribution in [0.1, 0.15) is 53.7 Å². The van der Waals surface area contributed by atoms with Crippen molar-refractivity contribution in [3.05, 3.63) is 51.1 Å². The van der Waals surface area contributed by atoms with Gasteiger partial charge in [-0.2, -0.15) is 0 Å². The highest BCUT2D eigenvalue weighted by molar-refractivity contribution is 6.40. The molecule has 1 aromatic carbocycles. The van der Waals surface area contributed by atoms with E-state index in [9.17, 15) is 14.7 Å². The topological polar surface area (TPSA) is 127 Å². The average Bonchev–Trinajstić information content (AvgIpc) is 2.78. The Kier molecular flexibility index (Phi) is 8.36. The summed E-state index contributed by atoms with van der Waals surface area (Å²) < 4.78 is 5.86. The van der Waals surface area contributed by atoms with Crippen LogP contribution in [0.5, 0.6) is 0 Å². The van der Waals surface area contributed by atoms with E-state index in [4.69, 9.17) is 38.7 Å². The van der Waals surface area contributed by atoms with E-state index < -0.39 is 17.9 Å². The third-order valence-corrected chi connectivity index (χ3v) is 7.20. The summed E-state index contributed by atoms with van der Waals surface area (Å²) in [6, 6.07) is 5.98. The lowest BCUT2D eigenvalue weighted by atomic mass is 9.79. The number of carboxylic acids is 1. The minimum atomic E-state index is -1.15. The second kappa shape index (κ2) is 11.5. The normalized spacial score (nSPS) is 19.7. The molecule has 5 N–H and O–H groups in total. The molecule has 2 aromatic rings. The quantitative estimate of drug-likeness (QED) is 0.343. The molecule has 0 bridgehead atoms. The largest absolute Gasteiger partial charge is 0.480 e. The van der Waals surface area contributed by atoms with Crippen LogP contribution in [0.2, 0.25) is 10.0 Å². The molecule has 1 aliphatic carbocycles. The molecule has 4 rings (SSSR count). The number of ether oxygens (including phenoxy) is 1. The first-order valence-corrected chi connectivity index (χ1v) is 12.7. The molecule has 1 saturated carbocycles. The second-order valence-corrected chi connectivity index (χ2v) is 10.0. The van der Waals surface area contributed by atoms with Gasteiger partial charge in [0.15, 0.2) is 0 Å². The molecule has 1 atom stereocenters. The maximum atomic E-state index is 12.6. The fourth-order valence-corrected chi connectivity index (χ4v) is 5.23. The predicted octanol–water partition coefficient (Wildman–Crippen LogP) is 4.33. The van der Waals surface area contributed by atoms with Crippen molar-refractivity contribution in [3.8, 4) is 0 Å². The number of anilines is 2. The molecule has 2 aliphatic rings. The van der Waals surface area contributed by atoms with Crippen LogP contribution in [0, 0.1) is 5.92 Å². The minimum Gasteiger partial charge on any atom is -0.480 e. The molecule has 0 saturated heterocycles. The third kappa shape index (κ3) is 6.57. The van der Waals surface area contributed by atoms with Crippen LogP contribution in [-0.4, -0.2) is 47.3 Å². The number of nitrogens with zero attached hydrogens (tertiary/aromatic N) is 1. The van der Waals surface area contributed by atoms with Gasteiger partial charge in [0.1, 0.15) is 11.9 Å². The predicted molar refractivity (Wildman–Crippen MR) is 136 cm³/mol. The van der Waals surface area contributed by atoms with Crippen LogP contribution in [0.3, 0.4) is 0 Å². The number of carbonyl (C=O) groups excluding carboxylic acids is 1. The van der Waals surface area contributed by atoms with E-state index in [1.165, 1.54) is 17.7 Å². The zero-order valence-electron chi connectivity index (χ0n) is 19.4. The Morgan fingerprint density at radius 1 is 1.26 bits per heavy atom. The molecular formula is C25H30Cl2N4O4. The van der Waals surface area contributed by atoms with Crippen molar-refractivity contribution in [1.29, 1.82) is 0 Å². The molecule has 1 aromatic heterocycles. The van der Waals surface area contributed by atoms with Gasteiger partial charge >= 0.3 is 5.97 Å². The van der Waals surface area contributed by atoms with Crippen molar-refractivity contribution in [1.82, 2.24) is 10.3 Å². The highest BCUT2D eigenvalue weighted by Gasteiger charge is 2.30. The molecule has 8 nitrogen and oxygen atoms in total. The van der Waals surface area contributed by atoms with Gasteiger partial charge in [-0.25, -0.2) is 9.78 Å². The fraction of sp³-hybridized carbons (Fsp3) is 0.480. The van der Waals surface area contributed by atoms with Crippen LogP contribution in [0.4, 0.5) is 11.5 Å².